The third-order valence-corrected chi connectivity index (χ3v) is 4.29. The molecule has 0 unspecified atom stereocenters. The summed E-state index contributed by atoms with van der Waals surface area (Å²) in [6.07, 6.45) is 0. The molecule has 0 aliphatic heterocycles. The molecule has 0 saturated carbocycles. The highest BCUT2D eigenvalue weighted by Gasteiger charge is 2.14. The second-order valence-corrected chi connectivity index (χ2v) is 6.52. The molecule has 0 rings (SSSR count). The van der Waals surface area contributed by atoms with E-state index in [0.717, 1.165) is 0 Å². The number of halogens is 1. The lowest BCUT2D eigenvalue weighted by atomic mass is 10.6. The normalized spacial score (nSPS) is 12.3. The molecular weight excluding hydrogens is 238 g/mol. The number of nitrogens with one attached hydrogen (secondary N) is 1. The van der Waals surface area contributed by atoms with Gasteiger partial charge in [0.25, 0.3) is 0 Å². The van der Waals surface area contributed by atoms with Crippen molar-refractivity contribution < 1.29 is 13.2 Å². The number of ether oxygens (including phenoxy) is 1. The minimum atomic E-state index is -2.92. The van der Waals surface area contributed by atoms with Gasteiger partial charge in [0.1, 0.15) is 0 Å². The van der Waals surface area contributed by atoms with E-state index in [1.54, 1.807) is 13.8 Å². The van der Waals surface area contributed by atoms with E-state index in [4.69, 9.17) is 16.3 Å². The first-order chi connectivity index (χ1) is 7.00. The van der Waals surface area contributed by atoms with E-state index in [1.165, 1.54) is 0 Å². The minimum Gasteiger partial charge on any atom is -0.379 e. The maximum Gasteiger partial charge on any atom is 0.153 e. The Hall–Kier alpha value is 0.160. The van der Waals surface area contributed by atoms with Crippen molar-refractivity contribution in [3.05, 3.63) is 0 Å². The predicted molar refractivity (Wildman–Crippen MR) is 63.3 cm³/mol. The third-order valence-electron chi connectivity index (χ3n) is 1.93. The number of hydrogen-bond donors (Lipinski definition) is 1. The van der Waals surface area contributed by atoms with Crippen LogP contribution in [0.15, 0.2) is 0 Å². The molecule has 0 heterocycles. The summed E-state index contributed by atoms with van der Waals surface area (Å²) in [7, 11) is -2.92. The Morgan fingerprint density at radius 3 is 2.47 bits per heavy atom. The fourth-order valence-corrected chi connectivity index (χ4v) is 1.89. The molecule has 4 nitrogen and oxygen atoms in total. The van der Waals surface area contributed by atoms with Gasteiger partial charge in [0.15, 0.2) is 9.84 Å². The molecule has 0 aliphatic carbocycles. The van der Waals surface area contributed by atoms with Crippen LogP contribution < -0.4 is 5.32 Å². The van der Waals surface area contributed by atoms with Crippen LogP contribution in [-0.2, 0) is 14.6 Å². The summed E-state index contributed by atoms with van der Waals surface area (Å²) in [5.41, 5.74) is 0. The smallest absolute Gasteiger partial charge is 0.153 e. The van der Waals surface area contributed by atoms with Gasteiger partial charge in [0.2, 0.25) is 0 Å². The van der Waals surface area contributed by atoms with E-state index in [2.05, 4.69) is 5.32 Å². The first-order valence-corrected chi connectivity index (χ1v) is 7.31. The van der Waals surface area contributed by atoms with Crippen molar-refractivity contribution in [1.29, 1.82) is 0 Å². The molecule has 6 heteroatoms. The highest BCUT2D eigenvalue weighted by Crippen LogP contribution is 1.98. The summed E-state index contributed by atoms with van der Waals surface area (Å²) in [6, 6.07) is 0. The molecule has 0 aromatic rings. The SMILES string of the molecule is CC(C)S(=O)(=O)CCNCCOCCCl. The molecule has 0 aliphatic rings. The number of sulfone groups is 1. The van der Waals surface area contributed by atoms with Crippen LogP contribution in [0, 0.1) is 0 Å². The van der Waals surface area contributed by atoms with Gasteiger partial charge < -0.3 is 10.1 Å². The Bertz CT molecular complexity index is 242. The van der Waals surface area contributed by atoms with E-state index < -0.39 is 9.84 Å². The second kappa shape index (κ2) is 8.33. The summed E-state index contributed by atoms with van der Waals surface area (Å²) in [5, 5.41) is 2.71. The zero-order valence-corrected chi connectivity index (χ0v) is 10.9. The number of rotatable bonds is 9. The molecule has 1 N–H and O–H groups in total. The lowest BCUT2D eigenvalue weighted by molar-refractivity contribution is 0.151. The highest BCUT2D eigenvalue weighted by atomic mass is 35.5. The van der Waals surface area contributed by atoms with Crippen molar-refractivity contribution in [3.8, 4) is 0 Å². The summed E-state index contributed by atoms with van der Waals surface area (Å²) >= 11 is 5.41. The van der Waals surface area contributed by atoms with Gasteiger partial charge in [-0.1, -0.05) is 0 Å². The molecule has 92 valence electrons. The lowest BCUT2D eigenvalue weighted by Crippen LogP contribution is -2.29. The molecule has 0 aromatic heterocycles. The molecule has 0 bridgehead atoms. The van der Waals surface area contributed by atoms with Crippen molar-refractivity contribution in [2.24, 2.45) is 0 Å². The summed E-state index contributed by atoms with van der Waals surface area (Å²) in [6.45, 7) is 5.62. The Morgan fingerprint density at radius 1 is 1.27 bits per heavy atom. The fourth-order valence-electron chi connectivity index (χ4n) is 0.876. The van der Waals surface area contributed by atoms with E-state index in [-0.39, 0.29) is 11.0 Å². The van der Waals surface area contributed by atoms with Crippen molar-refractivity contribution in [2.45, 2.75) is 19.1 Å². The van der Waals surface area contributed by atoms with Crippen molar-refractivity contribution >= 4 is 21.4 Å². The zero-order chi connectivity index (χ0) is 11.7. The number of alkyl halides is 1. The van der Waals surface area contributed by atoms with Crippen LogP contribution >= 0.6 is 11.6 Å². The van der Waals surface area contributed by atoms with Gasteiger partial charge in [-0.05, 0) is 13.8 Å². The number of hydrogen-bond acceptors (Lipinski definition) is 4. The van der Waals surface area contributed by atoms with Crippen molar-refractivity contribution in [3.63, 3.8) is 0 Å². The summed E-state index contributed by atoms with van der Waals surface area (Å²) < 4.78 is 27.9. The standard InChI is InChI=1S/C9H20ClNO3S/c1-9(2)15(12,13)8-5-11-4-7-14-6-3-10/h9,11H,3-8H2,1-2H3. The third kappa shape index (κ3) is 8.02. The minimum absolute atomic E-state index is 0.181. The van der Waals surface area contributed by atoms with E-state index in [1.807, 2.05) is 0 Å². The van der Waals surface area contributed by atoms with Crippen molar-refractivity contribution in [1.82, 2.24) is 5.32 Å². The lowest BCUT2D eigenvalue weighted by Gasteiger charge is -2.08. The monoisotopic (exact) mass is 257 g/mol. The van der Waals surface area contributed by atoms with Crippen LogP contribution in [0.5, 0.6) is 0 Å². The molecule has 0 radical (unpaired) electrons. The van der Waals surface area contributed by atoms with Crippen LogP contribution in [0.4, 0.5) is 0 Å². The van der Waals surface area contributed by atoms with Crippen molar-refractivity contribution in [2.75, 3.05) is 37.9 Å². The average Bonchev–Trinajstić information content (AvgIpc) is 2.16. The van der Waals surface area contributed by atoms with Gasteiger partial charge in [0, 0.05) is 19.0 Å². The maximum atomic E-state index is 11.4. The molecule has 0 saturated heterocycles. The van der Waals surface area contributed by atoms with Gasteiger partial charge in [-0.3, -0.25) is 0 Å². The molecule has 0 spiro atoms. The van der Waals surface area contributed by atoms with Crippen LogP contribution in [0.25, 0.3) is 0 Å². The summed E-state index contributed by atoms with van der Waals surface area (Å²) in [5.74, 6) is 0.669. The van der Waals surface area contributed by atoms with Gasteiger partial charge in [-0.15, -0.1) is 11.6 Å². The van der Waals surface area contributed by atoms with Crippen LogP contribution in [0.2, 0.25) is 0 Å². The molecule has 15 heavy (non-hydrogen) atoms. The first kappa shape index (κ1) is 15.2. The maximum absolute atomic E-state index is 11.4. The highest BCUT2D eigenvalue weighted by molar-refractivity contribution is 7.92. The van der Waals surface area contributed by atoms with Crippen LogP contribution in [-0.4, -0.2) is 51.6 Å². The van der Waals surface area contributed by atoms with Gasteiger partial charge in [0.05, 0.1) is 24.2 Å². The fraction of sp³-hybridized carbons (Fsp3) is 1.00. The molecular formula is C9H20ClNO3S. The van der Waals surface area contributed by atoms with E-state index >= 15 is 0 Å². The molecule has 0 aromatic carbocycles. The van der Waals surface area contributed by atoms with Crippen LogP contribution in [0.3, 0.4) is 0 Å². The Balaban J connectivity index is 3.39. The zero-order valence-electron chi connectivity index (χ0n) is 9.33. The Kier molecular flexibility index (Phi) is 8.42. The largest absolute Gasteiger partial charge is 0.379 e. The predicted octanol–water partition coefficient (Wildman–Crippen LogP) is 0.655. The molecule has 0 amide bonds. The van der Waals surface area contributed by atoms with E-state index in [9.17, 15) is 8.42 Å². The van der Waals surface area contributed by atoms with Gasteiger partial charge in [-0.25, -0.2) is 8.42 Å². The Labute approximate surface area is 97.3 Å². The first-order valence-electron chi connectivity index (χ1n) is 5.06. The van der Waals surface area contributed by atoms with Gasteiger partial charge >= 0.3 is 0 Å². The van der Waals surface area contributed by atoms with E-state index in [0.29, 0.717) is 32.2 Å². The molecule has 0 fully saturated rings. The average molecular weight is 258 g/mol. The molecule has 0 atom stereocenters. The topological polar surface area (TPSA) is 55.4 Å². The Morgan fingerprint density at radius 2 is 1.93 bits per heavy atom. The van der Waals surface area contributed by atoms with Crippen LogP contribution in [0.1, 0.15) is 13.8 Å². The second-order valence-electron chi connectivity index (χ2n) is 3.47. The quantitative estimate of drug-likeness (QED) is 0.487. The van der Waals surface area contributed by atoms with Gasteiger partial charge in [-0.2, -0.15) is 0 Å². The summed E-state index contributed by atoms with van der Waals surface area (Å²) in [4.78, 5) is 0.